The lowest BCUT2D eigenvalue weighted by Crippen LogP contribution is -2.44. The van der Waals surface area contributed by atoms with Gasteiger partial charge < -0.3 is 15.0 Å². The third-order valence-corrected chi connectivity index (χ3v) is 7.75. The van der Waals surface area contributed by atoms with Crippen LogP contribution in [0.15, 0.2) is 95.0 Å². The van der Waals surface area contributed by atoms with Crippen molar-refractivity contribution in [3.63, 3.8) is 0 Å². The highest BCUT2D eigenvalue weighted by Gasteiger charge is 2.27. The van der Waals surface area contributed by atoms with Crippen LogP contribution in [0.3, 0.4) is 0 Å². The number of amides is 2. The molecule has 0 spiro atoms. The van der Waals surface area contributed by atoms with Crippen LogP contribution >= 0.6 is 23.1 Å². The zero-order valence-corrected chi connectivity index (χ0v) is 20.5. The summed E-state index contributed by atoms with van der Waals surface area (Å²) in [6.07, 6.45) is 0. The van der Waals surface area contributed by atoms with Gasteiger partial charge in [0.1, 0.15) is 5.70 Å². The minimum Gasteiger partial charge on any atom is -0.378 e. The van der Waals surface area contributed by atoms with Crippen LogP contribution in [0.1, 0.15) is 15.9 Å². The first kappa shape index (κ1) is 23.3. The molecule has 1 aromatic heterocycles. The van der Waals surface area contributed by atoms with Crippen LogP contribution in [0.25, 0.3) is 15.1 Å². The minimum absolute atomic E-state index is 0.231. The number of nitrogens with zero attached hydrogens (tertiary/aromatic N) is 2. The summed E-state index contributed by atoms with van der Waals surface area (Å²) in [6, 6.07) is 26.5. The minimum atomic E-state index is -0.333. The Balaban J connectivity index is 1.61. The monoisotopic (exact) mass is 501 g/mol. The van der Waals surface area contributed by atoms with E-state index in [9.17, 15) is 9.59 Å². The summed E-state index contributed by atoms with van der Waals surface area (Å²) >= 11 is 2.96. The third-order valence-electron chi connectivity index (χ3n) is 5.51. The van der Waals surface area contributed by atoms with Gasteiger partial charge in [-0.3, -0.25) is 9.59 Å². The number of benzene rings is 3. The van der Waals surface area contributed by atoms with E-state index in [2.05, 4.69) is 5.32 Å². The van der Waals surface area contributed by atoms with Crippen molar-refractivity contribution < 1.29 is 14.3 Å². The van der Waals surface area contributed by atoms with Crippen molar-refractivity contribution in [2.75, 3.05) is 26.3 Å². The topological polar surface area (TPSA) is 71.5 Å². The number of ether oxygens (including phenoxy) is 1. The molecule has 1 N–H and O–H groups in total. The van der Waals surface area contributed by atoms with Gasteiger partial charge in [-0.15, -0.1) is 11.3 Å². The summed E-state index contributed by atoms with van der Waals surface area (Å²) in [7, 11) is 0. The first-order valence-corrected chi connectivity index (χ1v) is 12.9. The normalized spacial score (nSPS) is 14.5. The van der Waals surface area contributed by atoms with Gasteiger partial charge in [0.25, 0.3) is 11.8 Å². The number of aromatic nitrogens is 1. The highest BCUT2D eigenvalue weighted by molar-refractivity contribution is 8.09. The second kappa shape index (κ2) is 10.9. The van der Waals surface area contributed by atoms with E-state index in [0.717, 1.165) is 20.1 Å². The fraction of sp³-hybridized carbons (Fsp3) is 0.148. The maximum Gasteiger partial charge on any atom is 0.271 e. The molecular weight excluding hydrogens is 478 g/mol. The Morgan fingerprint density at radius 2 is 1.49 bits per heavy atom. The molecule has 0 unspecified atom stereocenters. The highest BCUT2D eigenvalue weighted by atomic mass is 32.2. The third kappa shape index (κ3) is 5.45. The number of fused-ring (bicyclic) bond motifs is 1. The number of rotatable bonds is 6. The summed E-state index contributed by atoms with van der Waals surface area (Å²) in [4.78, 5) is 34.2. The number of morpholine rings is 1. The van der Waals surface area contributed by atoms with Crippen LogP contribution in [0.5, 0.6) is 0 Å². The largest absolute Gasteiger partial charge is 0.378 e. The molecule has 0 atom stereocenters. The lowest BCUT2D eigenvalue weighted by Gasteiger charge is -2.28. The van der Waals surface area contributed by atoms with E-state index in [1.54, 1.807) is 40.5 Å². The van der Waals surface area contributed by atoms with Gasteiger partial charge in [0, 0.05) is 18.7 Å². The molecule has 35 heavy (non-hydrogen) atoms. The number of hydrogen-bond donors (Lipinski definition) is 1. The first-order chi connectivity index (χ1) is 17.2. The molecule has 6 nitrogen and oxygen atoms in total. The molecule has 0 saturated carbocycles. The number of thiazole rings is 1. The summed E-state index contributed by atoms with van der Waals surface area (Å²) in [5.74, 6) is -0.564. The molecule has 1 aliphatic heterocycles. The Morgan fingerprint density at radius 3 is 2.17 bits per heavy atom. The molecule has 8 heteroatoms. The van der Waals surface area contributed by atoms with E-state index in [1.807, 2.05) is 60.7 Å². The molecule has 1 fully saturated rings. The Hall–Kier alpha value is -3.46. The molecule has 0 radical (unpaired) electrons. The fourth-order valence-electron chi connectivity index (χ4n) is 3.73. The van der Waals surface area contributed by atoms with E-state index >= 15 is 0 Å². The maximum absolute atomic E-state index is 13.8. The lowest BCUT2D eigenvalue weighted by atomic mass is 10.1. The summed E-state index contributed by atoms with van der Waals surface area (Å²) < 4.78 is 7.31. The smallest absolute Gasteiger partial charge is 0.271 e. The van der Waals surface area contributed by atoms with Crippen LogP contribution in [-0.2, 0) is 9.53 Å². The molecule has 5 rings (SSSR count). The standard InChI is InChI=1S/C27H23N3O3S2/c31-25(20-11-5-2-6-12-20)29-23(26(32)30-15-17-33-18-16-30)24(19-9-3-1-4-10-19)35-27-28-21-13-7-8-14-22(21)34-27/h1-14H,15-18H2,(H,29,31)/b24-23+. The highest BCUT2D eigenvalue weighted by Crippen LogP contribution is 2.40. The molecule has 4 aromatic rings. The van der Waals surface area contributed by atoms with Crippen molar-refractivity contribution in [3.8, 4) is 0 Å². The van der Waals surface area contributed by atoms with Crippen LogP contribution in [0.4, 0.5) is 0 Å². The van der Waals surface area contributed by atoms with E-state index in [4.69, 9.17) is 9.72 Å². The Morgan fingerprint density at radius 1 is 0.857 bits per heavy atom. The SMILES string of the molecule is O=C(N/C(C(=O)N1CCOCC1)=C(/Sc1nc2ccccc2s1)c1ccccc1)c1ccccc1. The zero-order chi connectivity index (χ0) is 24.0. The van der Waals surface area contributed by atoms with Gasteiger partial charge in [0.2, 0.25) is 0 Å². The number of carbonyl (C=O) groups excluding carboxylic acids is 2. The summed E-state index contributed by atoms with van der Waals surface area (Å²) in [5, 5.41) is 2.95. The Bertz CT molecular complexity index is 1330. The summed E-state index contributed by atoms with van der Waals surface area (Å²) in [6.45, 7) is 1.88. The zero-order valence-electron chi connectivity index (χ0n) is 18.8. The van der Waals surface area contributed by atoms with Gasteiger partial charge >= 0.3 is 0 Å². The van der Waals surface area contributed by atoms with Crippen LogP contribution in [0.2, 0.25) is 0 Å². The molecule has 1 saturated heterocycles. The molecule has 2 amide bonds. The van der Waals surface area contributed by atoms with Crippen LogP contribution in [0, 0.1) is 0 Å². The van der Waals surface area contributed by atoms with Gasteiger partial charge in [0.15, 0.2) is 4.34 Å². The van der Waals surface area contributed by atoms with Crippen molar-refractivity contribution in [2.45, 2.75) is 4.34 Å². The number of hydrogen-bond acceptors (Lipinski definition) is 6. The molecule has 3 aromatic carbocycles. The lowest BCUT2D eigenvalue weighted by molar-refractivity contribution is -0.131. The first-order valence-electron chi connectivity index (χ1n) is 11.3. The Kier molecular flexibility index (Phi) is 7.23. The van der Waals surface area contributed by atoms with Crippen molar-refractivity contribution in [1.82, 2.24) is 15.2 Å². The second-order valence-electron chi connectivity index (χ2n) is 7.84. The maximum atomic E-state index is 13.8. The van der Waals surface area contributed by atoms with Crippen LogP contribution < -0.4 is 5.32 Å². The van der Waals surface area contributed by atoms with Crippen LogP contribution in [-0.4, -0.2) is 48.0 Å². The number of thioether (sulfide) groups is 1. The number of para-hydroxylation sites is 1. The predicted octanol–water partition coefficient (Wildman–Crippen LogP) is 5.05. The molecule has 0 aliphatic carbocycles. The Labute approximate surface area is 211 Å². The van der Waals surface area contributed by atoms with Gasteiger partial charge in [-0.2, -0.15) is 0 Å². The van der Waals surface area contributed by atoms with Gasteiger partial charge in [-0.1, -0.05) is 72.4 Å². The molecule has 2 heterocycles. The van der Waals surface area contributed by atoms with E-state index < -0.39 is 0 Å². The van der Waals surface area contributed by atoms with Crippen molar-refractivity contribution >= 4 is 50.0 Å². The second-order valence-corrected chi connectivity index (χ2v) is 10.1. The number of carbonyl (C=O) groups is 2. The van der Waals surface area contributed by atoms with Crippen molar-refractivity contribution in [3.05, 3.63) is 102 Å². The van der Waals surface area contributed by atoms with Gasteiger partial charge in [-0.05, 0) is 29.8 Å². The molecular formula is C27H23N3O3S2. The molecule has 1 aliphatic rings. The van der Waals surface area contributed by atoms with Crippen molar-refractivity contribution in [1.29, 1.82) is 0 Å². The van der Waals surface area contributed by atoms with Crippen molar-refractivity contribution in [2.24, 2.45) is 0 Å². The summed E-state index contributed by atoms with van der Waals surface area (Å²) in [5.41, 5.74) is 2.47. The van der Waals surface area contributed by atoms with E-state index in [-0.39, 0.29) is 17.5 Å². The average molecular weight is 502 g/mol. The van der Waals surface area contributed by atoms with Gasteiger partial charge in [0.05, 0.1) is 28.3 Å². The fourth-order valence-corrected chi connectivity index (χ4v) is 5.93. The average Bonchev–Trinajstić information content (AvgIpc) is 3.34. The number of nitrogens with one attached hydrogen (secondary N) is 1. The van der Waals surface area contributed by atoms with E-state index in [1.165, 1.54) is 11.8 Å². The molecule has 176 valence electrons. The quantitative estimate of drug-likeness (QED) is 0.296. The van der Waals surface area contributed by atoms with E-state index in [0.29, 0.717) is 36.8 Å². The molecule has 0 bridgehead atoms. The van der Waals surface area contributed by atoms with Gasteiger partial charge in [-0.25, -0.2) is 4.98 Å². The predicted molar refractivity (Wildman–Crippen MR) is 140 cm³/mol.